The monoisotopic (exact) mass is 238 g/mol. The molecule has 0 amide bonds. The Morgan fingerprint density at radius 2 is 2.00 bits per heavy atom. The highest BCUT2D eigenvalue weighted by molar-refractivity contribution is 5.50. The molecule has 1 heterocycles. The van der Waals surface area contributed by atoms with Crippen LogP contribution in [-0.4, -0.2) is 28.9 Å². The molecular weight excluding hydrogens is 212 g/mol. The van der Waals surface area contributed by atoms with Gasteiger partial charge >= 0.3 is 0 Å². The summed E-state index contributed by atoms with van der Waals surface area (Å²) in [7, 11) is 4.14. The van der Waals surface area contributed by atoms with Crippen molar-refractivity contribution in [3.05, 3.63) is 11.3 Å². The van der Waals surface area contributed by atoms with Gasteiger partial charge in [0, 0.05) is 31.7 Å². The van der Waals surface area contributed by atoms with Gasteiger partial charge in [0.05, 0.1) is 5.69 Å². The predicted octanol–water partition coefficient (Wildman–Crippen LogP) is 1.85. The van der Waals surface area contributed by atoms with E-state index in [0.29, 0.717) is 6.04 Å². The van der Waals surface area contributed by atoms with Gasteiger partial charge in [-0.3, -0.25) is 4.68 Å². The van der Waals surface area contributed by atoms with Crippen LogP contribution < -0.4 is 10.6 Å². The van der Waals surface area contributed by atoms with Gasteiger partial charge in [-0.15, -0.1) is 0 Å². The summed E-state index contributed by atoms with van der Waals surface area (Å²) < 4.78 is 1.97. The fourth-order valence-corrected chi connectivity index (χ4v) is 2.17. The molecule has 2 N–H and O–H groups in total. The summed E-state index contributed by atoms with van der Waals surface area (Å²) in [5, 5.41) is 4.52. The zero-order valence-electron chi connectivity index (χ0n) is 12.0. The van der Waals surface area contributed by atoms with Gasteiger partial charge in [-0.05, 0) is 33.6 Å². The first-order chi connectivity index (χ1) is 7.88. The van der Waals surface area contributed by atoms with Gasteiger partial charge in [-0.25, -0.2) is 0 Å². The summed E-state index contributed by atoms with van der Waals surface area (Å²) in [6.45, 7) is 8.54. The largest absolute Gasteiger partial charge is 0.357 e. The van der Waals surface area contributed by atoms with Gasteiger partial charge in [0.15, 0.2) is 0 Å². The fourth-order valence-electron chi connectivity index (χ4n) is 2.17. The standard InChI is InChI=1S/C13H26N4/c1-7-10(3)16(5)13-12(8-9(2)14)11(4)15-17(13)6/h9-10H,7-8,14H2,1-6H3. The molecule has 0 saturated carbocycles. The van der Waals surface area contributed by atoms with Gasteiger partial charge in [0.1, 0.15) is 5.82 Å². The lowest BCUT2D eigenvalue weighted by Gasteiger charge is -2.27. The van der Waals surface area contributed by atoms with Crippen LogP contribution in [0.5, 0.6) is 0 Å². The number of rotatable bonds is 5. The Balaban J connectivity index is 3.12. The molecule has 17 heavy (non-hydrogen) atoms. The Morgan fingerprint density at radius 3 is 2.47 bits per heavy atom. The topological polar surface area (TPSA) is 47.1 Å². The average molecular weight is 238 g/mol. The van der Waals surface area contributed by atoms with Gasteiger partial charge in [0.25, 0.3) is 0 Å². The van der Waals surface area contributed by atoms with Crippen molar-refractivity contribution in [3.8, 4) is 0 Å². The van der Waals surface area contributed by atoms with E-state index in [0.717, 1.165) is 18.5 Å². The summed E-state index contributed by atoms with van der Waals surface area (Å²) >= 11 is 0. The van der Waals surface area contributed by atoms with Gasteiger partial charge < -0.3 is 10.6 Å². The molecule has 0 spiro atoms. The van der Waals surface area contributed by atoms with Crippen molar-refractivity contribution in [2.45, 2.75) is 52.6 Å². The molecule has 0 saturated heterocycles. The number of hydrogen-bond donors (Lipinski definition) is 1. The highest BCUT2D eigenvalue weighted by Crippen LogP contribution is 2.25. The maximum atomic E-state index is 5.92. The van der Waals surface area contributed by atoms with Gasteiger partial charge in [0.2, 0.25) is 0 Å². The first kappa shape index (κ1) is 14.0. The number of nitrogens with zero attached hydrogens (tertiary/aromatic N) is 3. The van der Waals surface area contributed by atoms with Crippen LogP contribution in [0.1, 0.15) is 38.4 Å². The van der Waals surface area contributed by atoms with E-state index >= 15 is 0 Å². The van der Waals surface area contributed by atoms with Crippen molar-refractivity contribution in [1.29, 1.82) is 0 Å². The van der Waals surface area contributed by atoms with E-state index in [9.17, 15) is 0 Å². The van der Waals surface area contributed by atoms with Crippen LogP contribution in [-0.2, 0) is 13.5 Å². The molecule has 1 rings (SSSR count). The van der Waals surface area contributed by atoms with E-state index in [2.05, 4.69) is 37.8 Å². The Labute approximate surface area is 105 Å². The minimum absolute atomic E-state index is 0.169. The molecule has 0 radical (unpaired) electrons. The van der Waals surface area contributed by atoms with Crippen LogP contribution in [0.3, 0.4) is 0 Å². The van der Waals surface area contributed by atoms with E-state index in [1.54, 1.807) is 0 Å². The summed E-state index contributed by atoms with van der Waals surface area (Å²) in [6, 6.07) is 0.679. The van der Waals surface area contributed by atoms with E-state index in [1.807, 2.05) is 18.7 Å². The molecule has 1 aromatic rings. The van der Waals surface area contributed by atoms with Crippen molar-refractivity contribution in [1.82, 2.24) is 9.78 Å². The van der Waals surface area contributed by atoms with E-state index in [-0.39, 0.29) is 6.04 Å². The second-order valence-corrected chi connectivity index (χ2v) is 5.06. The fraction of sp³-hybridized carbons (Fsp3) is 0.769. The van der Waals surface area contributed by atoms with Crippen molar-refractivity contribution in [3.63, 3.8) is 0 Å². The number of aromatic nitrogens is 2. The second-order valence-electron chi connectivity index (χ2n) is 5.06. The lowest BCUT2D eigenvalue weighted by molar-refractivity contribution is 0.625. The number of anilines is 1. The van der Waals surface area contributed by atoms with Crippen LogP contribution in [0.2, 0.25) is 0 Å². The molecule has 0 aromatic carbocycles. The molecular formula is C13H26N4. The Bertz CT molecular complexity index is 368. The van der Waals surface area contributed by atoms with Crippen molar-refractivity contribution < 1.29 is 0 Å². The minimum atomic E-state index is 0.169. The first-order valence-electron chi connectivity index (χ1n) is 6.39. The number of aryl methyl sites for hydroxylation is 2. The third-order valence-electron chi connectivity index (χ3n) is 3.43. The Kier molecular flexibility index (Phi) is 4.57. The smallest absolute Gasteiger partial charge is 0.130 e. The van der Waals surface area contributed by atoms with E-state index in [4.69, 9.17) is 5.73 Å². The van der Waals surface area contributed by atoms with Crippen molar-refractivity contribution >= 4 is 5.82 Å². The second kappa shape index (κ2) is 5.54. The Hall–Kier alpha value is -1.03. The number of hydrogen-bond acceptors (Lipinski definition) is 3. The van der Waals surface area contributed by atoms with E-state index in [1.165, 1.54) is 11.4 Å². The molecule has 4 nitrogen and oxygen atoms in total. The van der Waals surface area contributed by atoms with Crippen LogP contribution in [0.4, 0.5) is 5.82 Å². The third-order valence-corrected chi connectivity index (χ3v) is 3.43. The van der Waals surface area contributed by atoms with Crippen molar-refractivity contribution in [2.75, 3.05) is 11.9 Å². The molecule has 98 valence electrons. The molecule has 0 aliphatic heterocycles. The lowest BCUT2D eigenvalue weighted by atomic mass is 10.1. The van der Waals surface area contributed by atoms with E-state index < -0.39 is 0 Å². The summed E-state index contributed by atoms with van der Waals surface area (Å²) in [6.07, 6.45) is 2.01. The summed E-state index contributed by atoms with van der Waals surface area (Å²) in [4.78, 5) is 2.30. The van der Waals surface area contributed by atoms with Crippen molar-refractivity contribution in [2.24, 2.45) is 12.8 Å². The zero-order valence-corrected chi connectivity index (χ0v) is 12.0. The quantitative estimate of drug-likeness (QED) is 0.851. The average Bonchev–Trinajstić information content (AvgIpc) is 2.51. The maximum absolute atomic E-state index is 5.92. The molecule has 2 unspecified atom stereocenters. The van der Waals surface area contributed by atoms with Crippen LogP contribution in [0.15, 0.2) is 0 Å². The summed E-state index contributed by atoms with van der Waals surface area (Å²) in [5.74, 6) is 1.20. The van der Waals surface area contributed by atoms with Crippen LogP contribution in [0.25, 0.3) is 0 Å². The van der Waals surface area contributed by atoms with Gasteiger partial charge in [-0.1, -0.05) is 6.92 Å². The minimum Gasteiger partial charge on any atom is -0.357 e. The highest BCUT2D eigenvalue weighted by atomic mass is 15.4. The predicted molar refractivity (Wildman–Crippen MR) is 73.5 cm³/mol. The maximum Gasteiger partial charge on any atom is 0.130 e. The molecule has 4 heteroatoms. The molecule has 0 aliphatic carbocycles. The molecule has 0 fully saturated rings. The number of nitrogens with two attached hydrogens (primary N) is 1. The third kappa shape index (κ3) is 3.00. The Morgan fingerprint density at radius 1 is 1.41 bits per heavy atom. The molecule has 1 aromatic heterocycles. The first-order valence-corrected chi connectivity index (χ1v) is 6.39. The SMILES string of the molecule is CCC(C)N(C)c1c(CC(C)N)c(C)nn1C. The van der Waals surface area contributed by atoms with Crippen LogP contribution >= 0.6 is 0 Å². The normalized spacial score (nSPS) is 14.8. The summed E-state index contributed by atoms with van der Waals surface area (Å²) in [5.41, 5.74) is 8.30. The zero-order chi connectivity index (χ0) is 13.2. The van der Waals surface area contributed by atoms with Crippen LogP contribution in [0, 0.1) is 6.92 Å². The lowest BCUT2D eigenvalue weighted by Crippen LogP contribution is -2.31. The molecule has 0 bridgehead atoms. The highest BCUT2D eigenvalue weighted by Gasteiger charge is 2.20. The molecule has 2 atom stereocenters. The van der Waals surface area contributed by atoms with Gasteiger partial charge in [-0.2, -0.15) is 5.10 Å². The molecule has 0 aliphatic rings.